The smallest absolute Gasteiger partial charge is 0.330 e. The van der Waals surface area contributed by atoms with Gasteiger partial charge in [-0.1, -0.05) is 0 Å². The van der Waals surface area contributed by atoms with Crippen LogP contribution in [0.2, 0.25) is 0 Å². The molecule has 0 saturated carbocycles. The summed E-state index contributed by atoms with van der Waals surface area (Å²) in [5.41, 5.74) is 3.04. The minimum absolute atomic E-state index is 0.0184. The van der Waals surface area contributed by atoms with E-state index in [0.717, 1.165) is 18.6 Å². The maximum Gasteiger partial charge on any atom is 0.416 e. The second-order valence-corrected chi connectivity index (χ2v) is 5.90. The SMILES string of the molecule is CC(c1cc(C(F)(F)F)cc(C(F)(F)F)c1)N1CCC(CN)C1. The van der Waals surface area contributed by atoms with Gasteiger partial charge < -0.3 is 5.73 Å². The van der Waals surface area contributed by atoms with Crippen LogP contribution in [0.3, 0.4) is 0 Å². The zero-order valence-corrected chi connectivity index (χ0v) is 12.5. The van der Waals surface area contributed by atoms with Crippen LogP contribution in [0.4, 0.5) is 26.3 Å². The molecule has 0 bridgehead atoms. The molecule has 0 radical (unpaired) electrons. The highest BCUT2D eigenvalue weighted by molar-refractivity contribution is 5.35. The van der Waals surface area contributed by atoms with Crippen LogP contribution in [0, 0.1) is 5.92 Å². The van der Waals surface area contributed by atoms with E-state index >= 15 is 0 Å². The van der Waals surface area contributed by atoms with Crippen molar-refractivity contribution >= 4 is 0 Å². The van der Waals surface area contributed by atoms with Crippen LogP contribution in [-0.4, -0.2) is 24.5 Å². The first kappa shape index (κ1) is 18.1. The Bertz CT molecular complexity index is 520. The van der Waals surface area contributed by atoms with Gasteiger partial charge in [-0.15, -0.1) is 0 Å². The van der Waals surface area contributed by atoms with Crippen molar-refractivity contribution in [1.29, 1.82) is 0 Å². The summed E-state index contributed by atoms with van der Waals surface area (Å²) < 4.78 is 77.4. The van der Waals surface area contributed by atoms with Crippen molar-refractivity contribution in [3.05, 3.63) is 34.9 Å². The lowest BCUT2D eigenvalue weighted by Gasteiger charge is -2.26. The molecule has 1 aromatic rings. The van der Waals surface area contributed by atoms with E-state index in [9.17, 15) is 26.3 Å². The zero-order chi connectivity index (χ0) is 17.4. The Morgan fingerprint density at radius 3 is 2.00 bits per heavy atom. The molecule has 1 saturated heterocycles. The van der Waals surface area contributed by atoms with Crippen LogP contribution in [0.1, 0.15) is 36.1 Å². The van der Waals surface area contributed by atoms with E-state index in [4.69, 9.17) is 5.73 Å². The fourth-order valence-corrected chi connectivity index (χ4v) is 2.84. The van der Waals surface area contributed by atoms with Crippen molar-refractivity contribution in [2.24, 2.45) is 11.7 Å². The van der Waals surface area contributed by atoms with Gasteiger partial charge in [-0.3, -0.25) is 4.90 Å². The van der Waals surface area contributed by atoms with E-state index in [1.54, 1.807) is 6.92 Å². The first-order valence-corrected chi connectivity index (χ1v) is 7.26. The maximum atomic E-state index is 12.9. The fraction of sp³-hybridized carbons (Fsp3) is 0.600. The van der Waals surface area contributed by atoms with Crippen molar-refractivity contribution in [3.8, 4) is 0 Å². The van der Waals surface area contributed by atoms with Crippen LogP contribution in [0.5, 0.6) is 0 Å². The summed E-state index contributed by atoms with van der Waals surface area (Å²) in [5.74, 6) is 0.227. The number of hydrogen-bond acceptors (Lipinski definition) is 2. The predicted octanol–water partition coefficient (Wildman–Crippen LogP) is 4.07. The molecule has 2 atom stereocenters. The Morgan fingerprint density at radius 2 is 1.61 bits per heavy atom. The molecule has 1 heterocycles. The van der Waals surface area contributed by atoms with Gasteiger partial charge in [0.15, 0.2) is 0 Å². The number of hydrogen-bond donors (Lipinski definition) is 1. The summed E-state index contributed by atoms with van der Waals surface area (Å²) in [7, 11) is 0. The molecule has 2 N–H and O–H groups in total. The van der Waals surface area contributed by atoms with Gasteiger partial charge in [0.05, 0.1) is 11.1 Å². The Balaban J connectivity index is 2.37. The second-order valence-electron chi connectivity index (χ2n) is 5.90. The number of likely N-dealkylation sites (tertiary alicyclic amines) is 1. The van der Waals surface area contributed by atoms with Crippen LogP contribution >= 0.6 is 0 Å². The molecule has 23 heavy (non-hydrogen) atoms. The Hall–Kier alpha value is -1.28. The molecule has 2 unspecified atom stereocenters. The topological polar surface area (TPSA) is 29.3 Å². The largest absolute Gasteiger partial charge is 0.416 e. The lowest BCUT2D eigenvalue weighted by molar-refractivity contribution is -0.143. The van der Waals surface area contributed by atoms with Gasteiger partial charge in [-0.25, -0.2) is 0 Å². The highest BCUT2D eigenvalue weighted by atomic mass is 19.4. The van der Waals surface area contributed by atoms with Gasteiger partial charge in [-0.05, 0) is 56.1 Å². The van der Waals surface area contributed by atoms with E-state index in [1.165, 1.54) is 0 Å². The molecule has 1 aliphatic heterocycles. The minimum atomic E-state index is -4.82. The van der Waals surface area contributed by atoms with Crippen LogP contribution in [0.15, 0.2) is 18.2 Å². The number of nitrogens with two attached hydrogens (primary N) is 1. The van der Waals surface area contributed by atoms with Crippen molar-refractivity contribution in [2.75, 3.05) is 19.6 Å². The van der Waals surface area contributed by atoms with Gasteiger partial charge in [0, 0.05) is 12.6 Å². The number of rotatable bonds is 3. The number of benzene rings is 1. The van der Waals surface area contributed by atoms with Crippen molar-refractivity contribution in [3.63, 3.8) is 0 Å². The molecule has 1 fully saturated rings. The highest BCUT2D eigenvalue weighted by Crippen LogP contribution is 2.38. The number of halogens is 6. The van der Waals surface area contributed by atoms with Gasteiger partial charge in [-0.2, -0.15) is 26.3 Å². The molecule has 2 nitrogen and oxygen atoms in total. The molecule has 0 aromatic heterocycles. The molecule has 0 amide bonds. The molecule has 0 spiro atoms. The number of alkyl halides is 6. The zero-order valence-electron chi connectivity index (χ0n) is 12.5. The molecule has 8 heteroatoms. The summed E-state index contributed by atoms with van der Waals surface area (Å²) in [4.78, 5) is 1.87. The van der Waals surface area contributed by atoms with E-state index < -0.39 is 29.5 Å². The summed E-state index contributed by atoms with van der Waals surface area (Å²) in [6.07, 6.45) is -8.84. The second kappa shape index (κ2) is 6.32. The van der Waals surface area contributed by atoms with Gasteiger partial charge >= 0.3 is 12.4 Å². The van der Waals surface area contributed by atoms with Crippen LogP contribution in [0.25, 0.3) is 0 Å². The van der Waals surface area contributed by atoms with E-state index in [1.807, 2.05) is 4.90 Å². The van der Waals surface area contributed by atoms with Crippen molar-refractivity contribution in [1.82, 2.24) is 4.90 Å². The standard InChI is InChI=1S/C15H18F6N2/c1-9(23-3-2-10(7-22)8-23)11-4-12(14(16,17)18)6-13(5-11)15(19,20)21/h4-6,9-10H,2-3,7-8,22H2,1H3. The van der Waals surface area contributed by atoms with Crippen molar-refractivity contribution in [2.45, 2.75) is 31.7 Å². The van der Waals surface area contributed by atoms with E-state index in [0.29, 0.717) is 19.6 Å². The Labute approximate surface area is 130 Å². The van der Waals surface area contributed by atoms with Gasteiger partial charge in [0.2, 0.25) is 0 Å². The normalized spacial score (nSPS) is 21.7. The average molecular weight is 340 g/mol. The van der Waals surface area contributed by atoms with Gasteiger partial charge in [0.25, 0.3) is 0 Å². The van der Waals surface area contributed by atoms with Gasteiger partial charge in [0.1, 0.15) is 0 Å². The van der Waals surface area contributed by atoms with E-state index in [-0.39, 0.29) is 17.5 Å². The average Bonchev–Trinajstić information content (AvgIpc) is 2.93. The molecular weight excluding hydrogens is 322 g/mol. The third-order valence-corrected chi connectivity index (χ3v) is 4.29. The lowest BCUT2D eigenvalue weighted by Crippen LogP contribution is -2.27. The Morgan fingerprint density at radius 1 is 1.09 bits per heavy atom. The quantitative estimate of drug-likeness (QED) is 0.841. The third-order valence-electron chi connectivity index (χ3n) is 4.29. The van der Waals surface area contributed by atoms with Crippen molar-refractivity contribution < 1.29 is 26.3 Å². The van der Waals surface area contributed by atoms with Crippen LogP contribution < -0.4 is 5.73 Å². The van der Waals surface area contributed by atoms with Crippen LogP contribution in [-0.2, 0) is 12.4 Å². The first-order chi connectivity index (χ1) is 10.5. The monoisotopic (exact) mass is 340 g/mol. The summed E-state index contributed by atoms with van der Waals surface area (Å²) in [6, 6.07) is 1.23. The molecule has 1 aliphatic rings. The summed E-state index contributed by atoms with van der Waals surface area (Å²) in [6.45, 7) is 3.27. The molecule has 130 valence electrons. The fourth-order valence-electron chi connectivity index (χ4n) is 2.84. The highest BCUT2D eigenvalue weighted by Gasteiger charge is 2.38. The molecule has 1 aromatic carbocycles. The lowest BCUT2D eigenvalue weighted by atomic mass is 9.99. The third kappa shape index (κ3) is 4.17. The molecule has 2 rings (SSSR count). The summed E-state index contributed by atoms with van der Waals surface area (Å²) >= 11 is 0. The summed E-state index contributed by atoms with van der Waals surface area (Å²) in [5, 5.41) is 0. The Kier molecular flexibility index (Phi) is 4.96. The number of nitrogens with zero attached hydrogens (tertiary/aromatic N) is 1. The molecular formula is C15H18F6N2. The predicted molar refractivity (Wildman–Crippen MR) is 73.6 cm³/mol. The maximum absolute atomic E-state index is 12.9. The first-order valence-electron chi connectivity index (χ1n) is 7.26. The molecule has 0 aliphatic carbocycles. The minimum Gasteiger partial charge on any atom is -0.330 e. The van der Waals surface area contributed by atoms with E-state index in [2.05, 4.69) is 0 Å².